The van der Waals surface area contributed by atoms with Crippen LogP contribution >= 0.6 is 0 Å². The molecule has 1 amide bonds. The van der Waals surface area contributed by atoms with Gasteiger partial charge in [0, 0.05) is 50.9 Å². The molecule has 0 aliphatic carbocycles. The number of likely N-dealkylation sites (N-methyl/N-ethyl adjacent to an activating group) is 1. The Morgan fingerprint density at radius 2 is 1.94 bits per heavy atom. The largest absolute Gasteiger partial charge is 0.465 e. The van der Waals surface area contributed by atoms with Crippen LogP contribution in [-0.4, -0.2) is 93.8 Å². The first-order valence-electron chi connectivity index (χ1n) is 13.0. The Bertz CT molecular complexity index is 1080. The van der Waals surface area contributed by atoms with Crippen molar-refractivity contribution in [3.8, 4) is 6.01 Å². The van der Waals surface area contributed by atoms with E-state index in [1.54, 1.807) is 0 Å². The maximum Gasteiger partial charge on any atom is 0.407 e. The number of fused-ring (bicyclic) bond motifs is 1. The van der Waals surface area contributed by atoms with Crippen molar-refractivity contribution in [2.24, 2.45) is 0 Å². The van der Waals surface area contributed by atoms with Crippen molar-refractivity contribution in [2.45, 2.75) is 57.8 Å². The monoisotopic (exact) mass is 494 g/mol. The van der Waals surface area contributed by atoms with Gasteiger partial charge in [0.2, 0.25) is 0 Å². The molecule has 3 aliphatic rings. The highest BCUT2D eigenvalue weighted by atomic mass is 16.5. The molecule has 0 unspecified atom stereocenters. The number of nitrogens with zero attached hydrogens (tertiary/aromatic N) is 6. The number of likely N-dealkylation sites (tertiary alicyclic amines) is 1. The van der Waals surface area contributed by atoms with Gasteiger partial charge < -0.3 is 24.5 Å². The molecule has 1 aromatic carbocycles. The van der Waals surface area contributed by atoms with Crippen LogP contribution in [0.4, 0.5) is 10.6 Å². The van der Waals surface area contributed by atoms with Crippen molar-refractivity contribution < 1.29 is 14.6 Å². The molecule has 9 heteroatoms. The molecule has 1 N–H and O–H groups in total. The Morgan fingerprint density at radius 3 is 2.64 bits per heavy atom. The Hall–Kier alpha value is -2.91. The summed E-state index contributed by atoms with van der Waals surface area (Å²) in [6, 6.07) is 11.4. The van der Waals surface area contributed by atoms with Crippen LogP contribution < -0.4 is 9.64 Å². The van der Waals surface area contributed by atoms with Crippen molar-refractivity contribution >= 4 is 11.9 Å². The summed E-state index contributed by atoms with van der Waals surface area (Å²) in [7, 11) is 2.14. The maximum atomic E-state index is 11.6. The van der Waals surface area contributed by atoms with Crippen LogP contribution in [0.3, 0.4) is 0 Å². The Balaban J connectivity index is 1.42. The van der Waals surface area contributed by atoms with E-state index in [-0.39, 0.29) is 5.54 Å². The lowest BCUT2D eigenvalue weighted by atomic mass is 9.96. The van der Waals surface area contributed by atoms with Crippen LogP contribution in [0.5, 0.6) is 6.01 Å². The van der Waals surface area contributed by atoms with E-state index in [0.29, 0.717) is 38.3 Å². The summed E-state index contributed by atoms with van der Waals surface area (Å²) >= 11 is 0. The van der Waals surface area contributed by atoms with Gasteiger partial charge in [-0.25, -0.2) is 4.79 Å². The number of rotatable bonds is 6. The first-order valence-corrected chi connectivity index (χ1v) is 13.0. The predicted molar refractivity (Wildman–Crippen MR) is 138 cm³/mol. The lowest BCUT2D eigenvalue weighted by Crippen LogP contribution is -2.61. The summed E-state index contributed by atoms with van der Waals surface area (Å²) in [5.74, 6) is 0.907. The highest BCUT2D eigenvalue weighted by molar-refractivity contribution is 5.66. The van der Waals surface area contributed by atoms with Crippen LogP contribution in [-0.2, 0) is 19.5 Å². The lowest BCUT2D eigenvalue weighted by molar-refractivity contribution is 0.123. The molecule has 5 rings (SSSR count). The van der Waals surface area contributed by atoms with Gasteiger partial charge in [-0.3, -0.25) is 4.90 Å². The van der Waals surface area contributed by atoms with E-state index < -0.39 is 6.09 Å². The second-order valence-corrected chi connectivity index (χ2v) is 11.0. The van der Waals surface area contributed by atoms with Crippen molar-refractivity contribution in [3.05, 3.63) is 47.2 Å². The summed E-state index contributed by atoms with van der Waals surface area (Å²) in [4.78, 5) is 30.1. The minimum absolute atomic E-state index is 0.386. The third-order valence-corrected chi connectivity index (χ3v) is 7.86. The molecule has 0 radical (unpaired) electrons. The third-order valence-electron chi connectivity index (χ3n) is 7.86. The number of carboxylic acid groups (broad SMARTS) is 1. The normalized spacial score (nSPS) is 22.5. The zero-order valence-electron chi connectivity index (χ0n) is 21.7. The van der Waals surface area contributed by atoms with Gasteiger partial charge in [0.15, 0.2) is 0 Å². The average Bonchev–Trinajstić information content (AvgIpc) is 3.26. The fraction of sp³-hybridized carbons (Fsp3) is 0.593. The summed E-state index contributed by atoms with van der Waals surface area (Å²) < 4.78 is 6.23. The fourth-order valence-electron chi connectivity index (χ4n) is 5.78. The summed E-state index contributed by atoms with van der Waals surface area (Å²) in [6.45, 7) is 9.91. The minimum Gasteiger partial charge on any atom is -0.465 e. The molecular formula is C27H38N6O3. The molecule has 3 aliphatic heterocycles. The van der Waals surface area contributed by atoms with Crippen LogP contribution in [0.25, 0.3) is 0 Å². The van der Waals surface area contributed by atoms with Crippen LogP contribution in [0.2, 0.25) is 0 Å². The van der Waals surface area contributed by atoms with Gasteiger partial charge in [0.05, 0.1) is 11.2 Å². The summed E-state index contributed by atoms with van der Waals surface area (Å²) in [6.07, 6.45) is 2.31. The van der Waals surface area contributed by atoms with Gasteiger partial charge in [0.25, 0.3) is 0 Å². The topological polar surface area (TPSA) is 85.3 Å². The van der Waals surface area contributed by atoms with Crippen LogP contribution in [0, 0.1) is 0 Å². The van der Waals surface area contributed by atoms with E-state index in [1.165, 1.54) is 22.4 Å². The number of aromatic nitrogens is 2. The number of piperazine rings is 1. The van der Waals surface area contributed by atoms with Gasteiger partial charge in [-0.15, -0.1) is 0 Å². The number of amides is 1. The molecule has 4 heterocycles. The van der Waals surface area contributed by atoms with Crippen LogP contribution in [0.15, 0.2) is 30.3 Å². The number of carbonyl (C=O) groups is 1. The van der Waals surface area contributed by atoms with E-state index >= 15 is 0 Å². The van der Waals surface area contributed by atoms with Gasteiger partial charge in [-0.1, -0.05) is 30.3 Å². The molecule has 1 atom stereocenters. The highest BCUT2D eigenvalue weighted by Gasteiger charge is 2.39. The zero-order valence-corrected chi connectivity index (χ0v) is 21.7. The molecule has 194 valence electrons. The molecule has 9 nitrogen and oxygen atoms in total. The Morgan fingerprint density at radius 1 is 1.14 bits per heavy atom. The summed E-state index contributed by atoms with van der Waals surface area (Å²) in [5.41, 5.74) is 3.10. The lowest BCUT2D eigenvalue weighted by Gasteiger charge is -2.48. The van der Waals surface area contributed by atoms with Gasteiger partial charge >= 0.3 is 12.1 Å². The number of ether oxygens (including phenoxy) is 1. The molecule has 1 aromatic heterocycles. The second-order valence-electron chi connectivity index (χ2n) is 11.0. The quantitative estimate of drug-likeness (QED) is 0.656. The van der Waals surface area contributed by atoms with Crippen LogP contribution in [0.1, 0.15) is 43.5 Å². The van der Waals surface area contributed by atoms with E-state index in [2.05, 4.69) is 59.9 Å². The number of hydrogen-bond acceptors (Lipinski definition) is 7. The molecule has 2 saturated heterocycles. The molecule has 0 spiro atoms. The fourth-order valence-corrected chi connectivity index (χ4v) is 5.78. The van der Waals surface area contributed by atoms with Crippen molar-refractivity contribution in [1.29, 1.82) is 0 Å². The van der Waals surface area contributed by atoms with Gasteiger partial charge in [0.1, 0.15) is 12.4 Å². The number of anilines is 1. The molecule has 0 saturated carbocycles. The van der Waals surface area contributed by atoms with E-state index in [9.17, 15) is 9.90 Å². The minimum atomic E-state index is -0.867. The Labute approximate surface area is 213 Å². The molecule has 36 heavy (non-hydrogen) atoms. The van der Waals surface area contributed by atoms with Crippen molar-refractivity contribution in [3.63, 3.8) is 0 Å². The first-order chi connectivity index (χ1) is 17.3. The molecule has 2 aromatic rings. The zero-order chi connectivity index (χ0) is 25.3. The SMILES string of the molecule is CN1CCC[C@H]1COc1nc2c(c(N3CCN(C(=O)O)CC3(C)C)n1)CCN(Cc1ccccc1)C2. The molecule has 2 fully saturated rings. The first kappa shape index (κ1) is 24.8. The van der Waals surface area contributed by atoms with Crippen molar-refractivity contribution in [2.75, 3.05) is 51.3 Å². The number of benzene rings is 1. The Kier molecular flexibility index (Phi) is 7.03. The van der Waals surface area contributed by atoms with E-state index in [4.69, 9.17) is 14.7 Å². The van der Waals surface area contributed by atoms with E-state index in [0.717, 1.165) is 50.5 Å². The second kappa shape index (κ2) is 10.2. The van der Waals surface area contributed by atoms with Crippen molar-refractivity contribution in [1.82, 2.24) is 24.7 Å². The van der Waals surface area contributed by atoms with E-state index in [1.807, 2.05) is 6.07 Å². The highest BCUT2D eigenvalue weighted by Crippen LogP contribution is 2.34. The molecule has 0 bridgehead atoms. The summed E-state index contributed by atoms with van der Waals surface area (Å²) in [5, 5.41) is 9.56. The van der Waals surface area contributed by atoms with Gasteiger partial charge in [-0.05, 0) is 52.3 Å². The predicted octanol–water partition coefficient (Wildman–Crippen LogP) is 3.09. The molecular weight excluding hydrogens is 456 g/mol. The number of hydrogen-bond donors (Lipinski definition) is 1. The smallest absolute Gasteiger partial charge is 0.407 e. The average molecular weight is 495 g/mol. The maximum absolute atomic E-state index is 11.6. The van der Waals surface area contributed by atoms with Gasteiger partial charge in [-0.2, -0.15) is 9.97 Å². The third kappa shape index (κ3) is 5.27. The standard InChI is InChI=1S/C27H38N6O3/c1-27(2)19-32(26(34)35)14-15-33(27)24-22-11-13-31(16-20-8-5-4-6-9-20)17-23(22)28-25(29-24)36-18-21-10-7-12-30(21)3/h4-6,8-9,21H,7,10-19H2,1-3H3,(H,34,35)/t21-/m0/s1.